The van der Waals surface area contributed by atoms with Gasteiger partial charge in [-0.05, 0) is 34.5 Å². The van der Waals surface area contributed by atoms with Gasteiger partial charge < -0.3 is 5.32 Å². The van der Waals surface area contributed by atoms with Crippen molar-refractivity contribution < 1.29 is 0 Å². The lowest BCUT2D eigenvalue weighted by molar-refractivity contribution is 0.923. The van der Waals surface area contributed by atoms with Crippen LogP contribution in [0.25, 0.3) is 5.65 Å². The largest absolute Gasteiger partial charge is 0.353 e. The molecule has 0 aliphatic heterocycles. The molecule has 0 spiro atoms. The number of hydrogen-bond acceptors (Lipinski definition) is 3. The molecular formula is C9H11BrN4. The number of halogens is 1. The topological polar surface area (TPSA) is 42.2 Å². The van der Waals surface area contributed by atoms with E-state index in [9.17, 15) is 0 Å². The van der Waals surface area contributed by atoms with Gasteiger partial charge in [-0.25, -0.2) is 4.52 Å². The van der Waals surface area contributed by atoms with Gasteiger partial charge in [0.2, 0.25) is 5.95 Å². The minimum atomic E-state index is 0.679. The summed E-state index contributed by atoms with van der Waals surface area (Å²) in [5, 5.41) is 7.42. The monoisotopic (exact) mass is 254 g/mol. The van der Waals surface area contributed by atoms with Gasteiger partial charge in [0.15, 0.2) is 5.65 Å². The summed E-state index contributed by atoms with van der Waals surface area (Å²) in [6, 6.07) is 3.88. The molecule has 0 radical (unpaired) electrons. The van der Waals surface area contributed by atoms with Gasteiger partial charge in [0.05, 0.1) is 4.47 Å². The lowest BCUT2D eigenvalue weighted by Crippen LogP contribution is -2.01. The number of hydrogen-bond donors (Lipinski definition) is 1. The van der Waals surface area contributed by atoms with E-state index in [1.807, 2.05) is 18.3 Å². The van der Waals surface area contributed by atoms with Crippen molar-refractivity contribution in [3.63, 3.8) is 0 Å². The maximum Gasteiger partial charge on any atom is 0.243 e. The second kappa shape index (κ2) is 3.96. The minimum Gasteiger partial charge on any atom is -0.353 e. The number of nitrogens with one attached hydrogen (secondary N) is 1. The van der Waals surface area contributed by atoms with E-state index in [0.717, 1.165) is 23.1 Å². The van der Waals surface area contributed by atoms with Gasteiger partial charge in [0.25, 0.3) is 0 Å². The molecule has 2 aromatic heterocycles. The van der Waals surface area contributed by atoms with Crippen molar-refractivity contribution in [2.45, 2.75) is 13.3 Å². The molecule has 4 nitrogen and oxygen atoms in total. The van der Waals surface area contributed by atoms with Gasteiger partial charge in [-0.3, -0.25) is 0 Å². The standard InChI is InChI=1S/C9H11BrN4/c1-2-5-11-9-12-8-7(10)4-3-6-14(8)13-9/h3-4,6H,2,5H2,1H3,(H,11,13). The molecule has 0 fully saturated rings. The number of pyridine rings is 1. The van der Waals surface area contributed by atoms with Gasteiger partial charge >= 0.3 is 0 Å². The lowest BCUT2D eigenvalue weighted by atomic mass is 10.5. The second-order valence-corrected chi connectivity index (χ2v) is 3.84. The van der Waals surface area contributed by atoms with Crippen LogP contribution in [0.2, 0.25) is 0 Å². The van der Waals surface area contributed by atoms with Crippen LogP contribution in [-0.4, -0.2) is 21.1 Å². The molecule has 0 bridgehead atoms. The van der Waals surface area contributed by atoms with E-state index in [-0.39, 0.29) is 0 Å². The van der Waals surface area contributed by atoms with E-state index >= 15 is 0 Å². The van der Waals surface area contributed by atoms with E-state index < -0.39 is 0 Å². The Bertz CT molecular complexity index is 437. The molecule has 2 rings (SSSR count). The van der Waals surface area contributed by atoms with Crippen molar-refractivity contribution in [1.82, 2.24) is 14.6 Å². The van der Waals surface area contributed by atoms with E-state index in [0.29, 0.717) is 5.95 Å². The summed E-state index contributed by atoms with van der Waals surface area (Å²) in [4.78, 5) is 4.34. The lowest BCUT2D eigenvalue weighted by Gasteiger charge is -1.94. The molecule has 2 heterocycles. The summed E-state index contributed by atoms with van der Waals surface area (Å²) in [5.74, 6) is 0.679. The van der Waals surface area contributed by atoms with Crippen LogP contribution in [0.15, 0.2) is 22.8 Å². The molecule has 0 saturated heterocycles. The van der Waals surface area contributed by atoms with Crippen molar-refractivity contribution in [2.75, 3.05) is 11.9 Å². The first-order valence-electron chi connectivity index (χ1n) is 4.56. The average Bonchev–Trinajstić information content (AvgIpc) is 2.59. The fraction of sp³-hybridized carbons (Fsp3) is 0.333. The van der Waals surface area contributed by atoms with Crippen LogP contribution in [0.1, 0.15) is 13.3 Å². The van der Waals surface area contributed by atoms with Crippen molar-refractivity contribution in [3.05, 3.63) is 22.8 Å². The van der Waals surface area contributed by atoms with Crippen molar-refractivity contribution in [2.24, 2.45) is 0 Å². The summed E-state index contributed by atoms with van der Waals surface area (Å²) in [6.45, 7) is 3.01. The van der Waals surface area contributed by atoms with Crippen molar-refractivity contribution in [3.8, 4) is 0 Å². The Labute approximate surface area is 90.5 Å². The van der Waals surface area contributed by atoms with Crippen molar-refractivity contribution in [1.29, 1.82) is 0 Å². The Balaban J connectivity index is 2.36. The van der Waals surface area contributed by atoms with Crippen LogP contribution in [0.4, 0.5) is 5.95 Å². The summed E-state index contributed by atoms with van der Waals surface area (Å²) in [7, 11) is 0. The maximum absolute atomic E-state index is 4.34. The second-order valence-electron chi connectivity index (χ2n) is 2.99. The molecule has 0 atom stereocenters. The molecule has 0 amide bonds. The summed E-state index contributed by atoms with van der Waals surface area (Å²) < 4.78 is 2.71. The van der Waals surface area contributed by atoms with Crippen LogP contribution in [0.3, 0.4) is 0 Å². The molecular weight excluding hydrogens is 244 g/mol. The Hall–Kier alpha value is -1.10. The molecule has 14 heavy (non-hydrogen) atoms. The van der Waals surface area contributed by atoms with Gasteiger partial charge in [-0.2, -0.15) is 4.98 Å². The highest BCUT2D eigenvalue weighted by atomic mass is 79.9. The smallest absolute Gasteiger partial charge is 0.243 e. The Morgan fingerprint density at radius 1 is 1.57 bits per heavy atom. The Morgan fingerprint density at radius 3 is 3.14 bits per heavy atom. The molecule has 1 N–H and O–H groups in total. The summed E-state index contributed by atoms with van der Waals surface area (Å²) in [5.41, 5.74) is 0.839. The maximum atomic E-state index is 4.34. The van der Waals surface area contributed by atoms with E-state index in [4.69, 9.17) is 0 Å². The predicted octanol–water partition coefficient (Wildman–Crippen LogP) is 2.31. The van der Waals surface area contributed by atoms with Gasteiger partial charge in [0.1, 0.15) is 0 Å². The van der Waals surface area contributed by atoms with Gasteiger partial charge in [0, 0.05) is 12.7 Å². The number of anilines is 1. The summed E-state index contributed by atoms with van der Waals surface area (Å²) >= 11 is 3.43. The van der Waals surface area contributed by atoms with Crippen LogP contribution in [0, 0.1) is 0 Å². The number of aromatic nitrogens is 3. The molecule has 0 aromatic carbocycles. The highest BCUT2D eigenvalue weighted by Crippen LogP contribution is 2.16. The van der Waals surface area contributed by atoms with E-state index in [1.54, 1.807) is 4.52 Å². The number of nitrogens with zero attached hydrogens (tertiary/aromatic N) is 3. The third-order valence-electron chi connectivity index (χ3n) is 1.85. The normalized spacial score (nSPS) is 10.7. The van der Waals surface area contributed by atoms with Crippen LogP contribution in [0.5, 0.6) is 0 Å². The third kappa shape index (κ3) is 1.72. The Morgan fingerprint density at radius 2 is 2.43 bits per heavy atom. The Kier molecular flexibility index (Phi) is 2.67. The van der Waals surface area contributed by atoms with Gasteiger partial charge in [-0.15, -0.1) is 5.10 Å². The number of rotatable bonds is 3. The predicted molar refractivity (Wildman–Crippen MR) is 59.5 cm³/mol. The molecule has 74 valence electrons. The fourth-order valence-corrected chi connectivity index (χ4v) is 1.61. The summed E-state index contributed by atoms with van der Waals surface area (Å²) in [6.07, 6.45) is 2.95. The molecule has 0 unspecified atom stereocenters. The first kappa shape index (κ1) is 9.45. The van der Waals surface area contributed by atoms with Crippen molar-refractivity contribution >= 4 is 27.5 Å². The third-order valence-corrected chi connectivity index (χ3v) is 2.47. The first-order chi connectivity index (χ1) is 6.81. The molecule has 0 saturated carbocycles. The number of fused-ring (bicyclic) bond motifs is 1. The molecule has 0 aliphatic carbocycles. The van der Waals surface area contributed by atoms with Crippen LogP contribution >= 0.6 is 15.9 Å². The van der Waals surface area contributed by atoms with Crippen LogP contribution < -0.4 is 5.32 Å². The van der Waals surface area contributed by atoms with E-state index in [2.05, 4.69) is 38.3 Å². The van der Waals surface area contributed by atoms with Gasteiger partial charge in [-0.1, -0.05) is 6.92 Å². The SMILES string of the molecule is CCCNc1nc2c(Br)cccn2n1. The zero-order valence-electron chi connectivity index (χ0n) is 7.87. The first-order valence-corrected chi connectivity index (χ1v) is 5.35. The average molecular weight is 255 g/mol. The highest BCUT2D eigenvalue weighted by Gasteiger charge is 2.04. The highest BCUT2D eigenvalue weighted by molar-refractivity contribution is 9.10. The molecule has 5 heteroatoms. The van der Waals surface area contributed by atoms with E-state index in [1.165, 1.54) is 0 Å². The zero-order valence-corrected chi connectivity index (χ0v) is 9.45. The minimum absolute atomic E-state index is 0.679. The quantitative estimate of drug-likeness (QED) is 0.915. The van der Waals surface area contributed by atoms with Crippen LogP contribution in [-0.2, 0) is 0 Å². The molecule has 2 aromatic rings. The molecule has 0 aliphatic rings. The fourth-order valence-electron chi connectivity index (χ4n) is 1.19. The zero-order chi connectivity index (χ0) is 9.97.